The summed E-state index contributed by atoms with van der Waals surface area (Å²) in [4.78, 5) is 32.2. The SMILES string of the molecule is O=C(c1cc(=O)[nH]c2ccccc12)N1CC2CN(c3ccc(Cl)c(Cl)c3)CC2C1. The number of rotatable bonds is 2. The Morgan fingerprint density at radius 2 is 1.66 bits per heavy atom. The van der Waals surface area contributed by atoms with Gasteiger partial charge in [-0.05, 0) is 24.3 Å². The maximum absolute atomic E-state index is 13.2. The van der Waals surface area contributed by atoms with E-state index in [1.807, 2.05) is 47.4 Å². The maximum atomic E-state index is 13.2. The first-order valence-corrected chi connectivity index (χ1v) is 10.4. The lowest BCUT2D eigenvalue weighted by molar-refractivity contribution is 0.0784. The number of H-pyrrole nitrogens is 1. The van der Waals surface area contributed by atoms with Crippen LogP contribution in [0, 0.1) is 11.8 Å². The second kappa shape index (κ2) is 7.08. The maximum Gasteiger partial charge on any atom is 0.254 e. The summed E-state index contributed by atoms with van der Waals surface area (Å²) < 4.78 is 0. The number of hydrogen-bond donors (Lipinski definition) is 1. The molecule has 0 bridgehead atoms. The van der Waals surface area contributed by atoms with Crippen molar-refractivity contribution in [2.45, 2.75) is 0 Å². The zero-order valence-electron chi connectivity index (χ0n) is 15.6. The number of amides is 1. The van der Waals surface area contributed by atoms with Gasteiger partial charge in [-0.1, -0.05) is 41.4 Å². The first-order chi connectivity index (χ1) is 14.0. The number of aromatic nitrogens is 1. The van der Waals surface area contributed by atoms with Crippen LogP contribution in [0.5, 0.6) is 0 Å². The minimum absolute atomic E-state index is 0.0669. The van der Waals surface area contributed by atoms with Crippen LogP contribution in [-0.2, 0) is 0 Å². The van der Waals surface area contributed by atoms with Gasteiger partial charge < -0.3 is 14.8 Å². The van der Waals surface area contributed by atoms with Crippen molar-refractivity contribution in [3.8, 4) is 0 Å². The van der Waals surface area contributed by atoms with Crippen molar-refractivity contribution in [2.75, 3.05) is 31.1 Å². The second-order valence-corrected chi connectivity index (χ2v) is 8.64. The zero-order valence-corrected chi connectivity index (χ0v) is 17.1. The number of carbonyl (C=O) groups excluding carboxylic acids is 1. The second-order valence-electron chi connectivity index (χ2n) is 7.83. The Hall–Kier alpha value is -2.50. The number of nitrogens with zero attached hydrogens (tertiary/aromatic N) is 2. The third-order valence-electron chi connectivity index (χ3n) is 6.02. The van der Waals surface area contributed by atoms with Gasteiger partial charge in [0.05, 0.1) is 15.6 Å². The van der Waals surface area contributed by atoms with Crippen molar-refractivity contribution >= 4 is 45.7 Å². The zero-order chi connectivity index (χ0) is 20.1. The third-order valence-corrected chi connectivity index (χ3v) is 6.76. The molecule has 3 aromatic rings. The Balaban J connectivity index is 1.35. The average Bonchev–Trinajstić information content (AvgIpc) is 3.28. The van der Waals surface area contributed by atoms with E-state index in [2.05, 4.69) is 9.88 Å². The van der Waals surface area contributed by atoms with Gasteiger partial charge in [-0.3, -0.25) is 9.59 Å². The normalized spacial score (nSPS) is 21.0. The van der Waals surface area contributed by atoms with Crippen molar-refractivity contribution in [1.29, 1.82) is 0 Å². The Labute approximate surface area is 177 Å². The highest BCUT2D eigenvalue weighted by molar-refractivity contribution is 6.42. The summed E-state index contributed by atoms with van der Waals surface area (Å²) in [5.41, 5.74) is 1.98. The molecule has 0 radical (unpaired) electrons. The van der Waals surface area contributed by atoms with Crippen molar-refractivity contribution < 1.29 is 4.79 Å². The van der Waals surface area contributed by atoms with Gasteiger partial charge >= 0.3 is 0 Å². The van der Waals surface area contributed by atoms with Crippen LogP contribution in [0.25, 0.3) is 10.9 Å². The number of aromatic amines is 1. The number of fused-ring (bicyclic) bond motifs is 2. The molecule has 7 heteroatoms. The monoisotopic (exact) mass is 427 g/mol. The van der Waals surface area contributed by atoms with Gasteiger partial charge in [0.1, 0.15) is 0 Å². The highest BCUT2D eigenvalue weighted by Gasteiger charge is 2.42. The lowest BCUT2D eigenvalue weighted by atomic mass is 10.0. The molecule has 2 atom stereocenters. The molecular weight excluding hydrogens is 409 g/mol. The van der Waals surface area contributed by atoms with Crippen LogP contribution in [0.2, 0.25) is 10.0 Å². The summed E-state index contributed by atoms with van der Waals surface area (Å²) in [5, 5.41) is 1.89. The number of benzene rings is 2. The Morgan fingerprint density at radius 3 is 2.38 bits per heavy atom. The van der Waals surface area contributed by atoms with E-state index in [1.54, 1.807) is 0 Å². The van der Waals surface area contributed by atoms with Crippen molar-refractivity contribution in [3.63, 3.8) is 0 Å². The lowest BCUT2D eigenvalue weighted by Gasteiger charge is -2.24. The Kier molecular flexibility index (Phi) is 4.52. The number of carbonyl (C=O) groups is 1. The predicted octanol–water partition coefficient (Wildman–Crippen LogP) is 4.04. The number of halogens is 2. The standard InChI is InChI=1S/C22H19Cl2N3O2/c23-18-6-5-15(7-19(18)24)26-9-13-11-27(12-14(13)10-26)22(29)17-8-21(28)25-20-4-2-1-3-16(17)20/h1-8,13-14H,9-12H2,(H,25,28). The van der Waals surface area contributed by atoms with E-state index in [0.29, 0.717) is 46.1 Å². The van der Waals surface area contributed by atoms with Crippen LogP contribution < -0.4 is 10.5 Å². The number of likely N-dealkylation sites (tertiary alicyclic amines) is 1. The Morgan fingerprint density at radius 1 is 0.931 bits per heavy atom. The molecule has 148 valence electrons. The summed E-state index contributed by atoms with van der Waals surface area (Å²) >= 11 is 12.2. The fraction of sp³-hybridized carbons (Fsp3) is 0.273. The molecule has 2 aliphatic heterocycles. The van der Waals surface area contributed by atoms with Gasteiger partial charge in [-0.25, -0.2) is 0 Å². The van der Waals surface area contributed by atoms with Crippen LogP contribution in [0.1, 0.15) is 10.4 Å². The largest absolute Gasteiger partial charge is 0.371 e. The molecular formula is C22H19Cl2N3O2. The van der Waals surface area contributed by atoms with E-state index < -0.39 is 0 Å². The third kappa shape index (κ3) is 3.28. The van der Waals surface area contributed by atoms with Crippen LogP contribution in [0.3, 0.4) is 0 Å². The summed E-state index contributed by atoms with van der Waals surface area (Å²) in [5.74, 6) is 0.742. The number of hydrogen-bond acceptors (Lipinski definition) is 3. The van der Waals surface area contributed by atoms with Crippen LogP contribution in [0.4, 0.5) is 5.69 Å². The number of anilines is 1. The van der Waals surface area contributed by atoms with Gasteiger partial charge in [-0.2, -0.15) is 0 Å². The van der Waals surface area contributed by atoms with Crippen LogP contribution in [0.15, 0.2) is 53.3 Å². The smallest absolute Gasteiger partial charge is 0.254 e. The van der Waals surface area contributed by atoms with E-state index >= 15 is 0 Å². The number of pyridine rings is 1. The topological polar surface area (TPSA) is 56.4 Å². The van der Waals surface area contributed by atoms with Crippen molar-refractivity contribution in [2.24, 2.45) is 11.8 Å². The molecule has 2 unspecified atom stereocenters. The van der Waals surface area contributed by atoms with Crippen molar-refractivity contribution in [3.05, 3.63) is 74.5 Å². The fourth-order valence-corrected chi connectivity index (χ4v) is 4.90. The van der Waals surface area contributed by atoms with Crippen LogP contribution in [-0.4, -0.2) is 42.0 Å². The molecule has 0 spiro atoms. The highest BCUT2D eigenvalue weighted by Crippen LogP contribution is 2.36. The first-order valence-electron chi connectivity index (χ1n) is 9.61. The molecule has 1 N–H and O–H groups in total. The van der Waals surface area contributed by atoms with Gasteiger partial charge in [0.2, 0.25) is 5.56 Å². The van der Waals surface area contributed by atoms with E-state index in [0.717, 1.165) is 24.2 Å². The molecule has 2 aromatic carbocycles. The quantitative estimate of drug-likeness (QED) is 0.671. The molecule has 0 aliphatic carbocycles. The van der Waals surface area contributed by atoms with E-state index in [9.17, 15) is 9.59 Å². The molecule has 3 heterocycles. The minimum Gasteiger partial charge on any atom is -0.371 e. The number of nitrogens with one attached hydrogen (secondary N) is 1. The highest BCUT2D eigenvalue weighted by atomic mass is 35.5. The van der Waals surface area contributed by atoms with E-state index in [4.69, 9.17) is 23.2 Å². The average molecular weight is 428 g/mol. The molecule has 1 aromatic heterocycles. The summed E-state index contributed by atoms with van der Waals surface area (Å²) in [6.45, 7) is 3.15. The summed E-state index contributed by atoms with van der Waals surface area (Å²) in [6, 6.07) is 14.6. The molecule has 1 amide bonds. The van der Waals surface area contributed by atoms with Crippen LogP contribution >= 0.6 is 23.2 Å². The minimum atomic E-state index is -0.253. The van der Waals surface area contributed by atoms with Gasteiger partial charge in [0.15, 0.2) is 0 Å². The van der Waals surface area contributed by atoms with E-state index in [1.165, 1.54) is 6.07 Å². The molecule has 5 rings (SSSR count). The van der Waals surface area contributed by atoms with Gasteiger partial charge in [0, 0.05) is 60.7 Å². The predicted molar refractivity (Wildman–Crippen MR) is 116 cm³/mol. The van der Waals surface area contributed by atoms with Crippen molar-refractivity contribution in [1.82, 2.24) is 9.88 Å². The molecule has 2 saturated heterocycles. The first kappa shape index (κ1) is 18.5. The van der Waals surface area contributed by atoms with Gasteiger partial charge in [-0.15, -0.1) is 0 Å². The lowest BCUT2D eigenvalue weighted by Crippen LogP contribution is -2.34. The summed E-state index contributed by atoms with van der Waals surface area (Å²) in [6.07, 6.45) is 0. The van der Waals surface area contributed by atoms with Gasteiger partial charge in [0.25, 0.3) is 5.91 Å². The molecule has 0 saturated carbocycles. The Bertz CT molecular complexity index is 1160. The molecule has 2 aliphatic rings. The summed E-state index contributed by atoms with van der Waals surface area (Å²) in [7, 11) is 0. The fourth-order valence-electron chi connectivity index (χ4n) is 4.60. The van der Waals surface area contributed by atoms with E-state index in [-0.39, 0.29) is 11.5 Å². The number of para-hydroxylation sites is 1. The molecule has 5 nitrogen and oxygen atoms in total. The molecule has 29 heavy (non-hydrogen) atoms. The molecule has 2 fully saturated rings.